The zero-order chi connectivity index (χ0) is 17.9. The molecular weight excluding hydrogens is 371 g/mol. The average Bonchev–Trinajstić information content (AvgIpc) is 2.85. The van der Waals surface area contributed by atoms with Gasteiger partial charge in [0.05, 0.1) is 10.9 Å². The Morgan fingerprint density at radius 1 is 1.38 bits per heavy atom. The van der Waals surface area contributed by atoms with Crippen LogP contribution in [0.4, 0.5) is 9.18 Å². The molecule has 3 amide bonds. The number of nitrogens with two attached hydrogens (primary N) is 1. The van der Waals surface area contributed by atoms with Gasteiger partial charge in [0.1, 0.15) is 5.82 Å². The van der Waals surface area contributed by atoms with Gasteiger partial charge in [-0.1, -0.05) is 36.9 Å². The SMILES string of the molecule is CC(C)[C@H](Sc1nn(-c2ccc(F)cc2)c(=S)s1)C(=O)NC(N)=O. The van der Waals surface area contributed by atoms with Gasteiger partial charge in [-0.05, 0) is 42.4 Å². The van der Waals surface area contributed by atoms with Crippen molar-refractivity contribution in [3.63, 3.8) is 0 Å². The molecule has 3 N–H and O–H groups in total. The normalized spacial score (nSPS) is 12.2. The van der Waals surface area contributed by atoms with Gasteiger partial charge in [0.25, 0.3) is 0 Å². The third-order valence-corrected chi connectivity index (χ3v) is 5.80. The fraction of sp³-hybridized carbons (Fsp3) is 0.286. The molecular formula is C14H15FN4O2S3. The molecule has 10 heteroatoms. The topological polar surface area (TPSA) is 90.0 Å². The van der Waals surface area contributed by atoms with Crippen LogP contribution in [0.5, 0.6) is 0 Å². The van der Waals surface area contributed by atoms with Crippen LogP contribution >= 0.6 is 35.3 Å². The minimum absolute atomic E-state index is 0.0499. The molecule has 0 saturated carbocycles. The summed E-state index contributed by atoms with van der Waals surface area (Å²) in [5.74, 6) is -0.874. The molecule has 0 aliphatic rings. The minimum atomic E-state index is -0.893. The summed E-state index contributed by atoms with van der Waals surface area (Å²) < 4.78 is 15.6. The number of hydrogen-bond acceptors (Lipinski definition) is 6. The van der Waals surface area contributed by atoms with Gasteiger partial charge in [0.2, 0.25) is 5.91 Å². The molecule has 0 aliphatic heterocycles. The first-order chi connectivity index (χ1) is 11.3. The molecule has 0 saturated heterocycles. The van der Waals surface area contributed by atoms with Crippen LogP contribution in [0.15, 0.2) is 28.6 Å². The van der Waals surface area contributed by atoms with E-state index in [1.807, 2.05) is 13.8 Å². The Morgan fingerprint density at radius 2 is 2.00 bits per heavy atom. The number of carbonyl (C=O) groups is 2. The Hall–Kier alpha value is -1.78. The fourth-order valence-corrected chi connectivity index (χ4v) is 4.42. The lowest BCUT2D eigenvalue weighted by atomic mass is 10.1. The first-order valence-electron chi connectivity index (χ1n) is 6.91. The molecule has 1 aromatic heterocycles. The van der Waals surface area contributed by atoms with Gasteiger partial charge in [-0.15, -0.1) is 5.10 Å². The van der Waals surface area contributed by atoms with Crippen molar-refractivity contribution in [1.82, 2.24) is 15.1 Å². The van der Waals surface area contributed by atoms with Crippen molar-refractivity contribution in [3.8, 4) is 5.69 Å². The van der Waals surface area contributed by atoms with Gasteiger partial charge >= 0.3 is 6.03 Å². The van der Waals surface area contributed by atoms with E-state index in [4.69, 9.17) is 18.0 Å². The molecule has 0 aliphatic carbocycles. The number of halogens is 1. The third-order valence-electron chi connectivity index (χ3n) is 2.94. The maximum atomic E-state index is 13.0. The molecule has 0 fully saturated rings. The predicted molar refractivity (Wildman–Crippen MR) is 94.4 cm³/mol. The Morgan fingerprint density at radius 3 is 2.54 bits per heavy atom. The summed E-state index contributed by atoms with van der Waals surface area (Å²) in [6.07, 6.45) is 0. The highest BCUT2D eigenvalue weighted by Gasteiger charge is 2.26. The van der Waals surface area contributed by atoms with Crippen LogP contribution in [0.3, 0.4) is 0 Å². The molecule has 1 atom stereocenters. The number of urea groups is 1. The molecule has 1 aromatic carbocycles. The lowest BCUT2D eigenvalue weighted by molar-refractivity contribution is -0.120. The quantitative estimate of drug-likeness (QED) is 0.609. The van der Waals surface area contributed by atoms with Crippen molar-refractivity contribution in [2.75, 3.05) is 0 Å². The molecule has 0 bridgehead atoms. The Balaban J connectivity index is 2.24. The number of aromatic nitrogens is 2. The second-order valence-corrected chi connectivity index (χ2v) is 8.17. The highest BCUT2D eigenvalue weighted by Crippen LogP contribution is 2.31. The first-order valence-corrected chi connectivity index (χ1v) is 9.01. The van der Waals surface area contributed by atoms with E-state index in [1.165, 1.54) is 39.9 Å². The van der Waals surface area contributed by atoms with Crippen LogP contribution in [0, 0.1) is 15.7 Å². The molecule has 128 valence electrons. The maximum Gasteiger partial charge on any atom is 0.318 e. The highest BCUT2D eigenvalue weighted by atomic mass is 32.2. The number of carbonyl (C=O) groups excluding carboxylic acids is 2. The molecule has 6 nitrogen and oxygen atoms in total. The van der Waals surface area contributed by atoms with E-state index in [9.17, 15) is 14.0 Å². The number of thioether (sulfide) groups is 1. The number of benzene rings is 1. The summed E-state index contributed by atoms with van der Waals surface area (Å²) >= 11 is 7.72. The van der Waals surface area contributed by atoms with Crippen molar-refractivity contribution < 1.29 is 14.0 Å². The number of imide groups is 1. The number of amides is 3. The van der Waals surface area contributed by atoms with Crippen molar-refractivity contribution >= 4 is 47.3 Å². The van der Waals surface area contributed by atoms with Gasteiger partial charge in [0, 0.05) is 0 Å². The average molecular weight is 386 g/mol. The first kappa shape index (κ1) is 18.6. The molecule has 24 heavy (non-hydrogen) atoms. The van der Waals surface area contributed by atoms with E-state index in [0.29, 0.717) is 14.0 Å². The summed E-state index contributed by atoms with van der Waals surface area (Å²) in [5, 5.41) is 5.91. The van der Waals surface area contributed by atoms with Crippen LogP contribution in [0.25, 0.3) is 5.69 Å². The van der Waals surface area contributed by atoms with Crippen LogP contribution < -0.4 is 11.1 Å². The zero-order valence-corrected chi connectivity index (χ0v) is 15.3. The number of nitrogens with one attached hydrogen (secondary N) is 1. The van der Waals surface area contributed by atoms with E-state index in [2.05, 4.69) is 10.4 Å². The van der Waals surface area contributed by atoms with Crippen molar-refractivity contribution in [2.45, 2.75) is 23.4 Å². The van der Waals surface area contributed by atoms with E-state index in [0.717, 1.165) is 0 Å². The van der Waals surface area contributed by atoms with Crippen LogP contribution in [0.2, 0.25) is 0 Å². The smallest absolute Gasteiger partial charge is 0.318 e. The summed E-state index contributed by atoms with van der Waals surface area (Å²) in [6, 6.07) is 4.88. The standard InChI is InChI=1S/C14H15FN4O2S3/c1-7(2)10(11(20)17-12(16)21)23-13-18-19(14(22)24-13)9-5-3-8(15)4-6-9/h3-7,10H,1-2H3,(H3,16,17,20,21)/t10-/m0/s1. The second-order valence-electron chi connectivity index (χ2n) is 5.16. The third kappa shape index (κ3) is 4.62. The van der Waals surface area contributed by atoms with E-state index >= 15 is 0 Å². The minimum Gasteiger partial charge on any atom is -0.351 e. The van der Waals surface area contributed by atoms with Crippen molar-refractivity contribution in [2.24, 2.45) is 11.7 Å². The number of rotatable bonds is 5. The zero-order valence-electron chi connectivity index (χ0n) is 12.9. The molecule has 0 spiro atoms. The Labute approximate surface area is 151 Å². The molecule has 2 aromatic rings. The van der Waals surface area contributed by atoms with Gasteiger partial charge in [-0.2, -0.15) is 0 Å². The number of primary amides is 1. The van der Waals surface area contributed by atoms with Gasteiger partial charge in [-0.3, -0.25) is 10.1 Å². The Bertz CT molecular complexity index is 801. The van der Waals surface area contributed by atoms with Crippen molar-refractivity contribution in [3.05, 3.63) is 34.0 Å². The summed E-state index contributed by atoms with van der Waals surface area (Å²) in [7, 11) is 0. The van der Waals surface area contributed by atoms with Gasteiger partial charge in [-0.25, -0.2) is 13.9 Å². The van der Waals surface area contributed by atoms with E-state index in [1.54, 1.807) is 12.1 Å². The van der Waals surface area contributed by atoms with Gasteiger partial charge < -0.3 is 5.73 Å². The molecule has 0 unspecified atom stereocenters. The van der Waals surface area contributed by atoms with Crippen LogP contribution in [-0.2, 0) is 4.79 Å². The largest absolute Gasteiger partial charge is 0.351 e. The lowest BCUT2D eigenvalue weighted by Crippen LogP contribution is -2.42. The van der Waals surface area contributed by atoms with Crippen LogP contribution in [-0.4, -0.2) is 27.0 Å². The lowest BCUT2D eigenvalue weighted by Gasteiger charge is -2.17. The molecule has 2 rings (SSSR count). The summed E-state index contributed by atoms with van der Waals surface area (Å²) in [4.78, 5) is 22.9. The van der Waals surface area contributed by atoms with Gasteiger partial charge in [0.15, 0.2) is 8.29 Å². The van der Waals surface area contributed by atoms with E-state index in [-0.39, 0.29) is 11.7 Å². The monoisotopic (exact) mass is 386 g/mol. The second kappa shape index (κ2) is 7.86. The molecule has 0 radical (unpaired) electrons. The summed E-state index contributed by atoms with van der Waals surface area (Å²) in [5.41, 5.74) is 5.63. The van der Waals surface area contributed by atoms with E-state index < -0.39 is 17.2 Å². The highest BCUT2D eigenvalue weighted by molar-refractivity contribution is 8.02. The number of hydrogen-bond donors (Lipinski definition) is 2. The number of nitrogens with zero attached hydrogens (tertiary/aromatic N) is 2. The van der Waals surface area contributed by atoms with Crippen molar-refractivity contribution in [1.29, 1.82) is 0 Å². The summed E-state index contributed by atoms with van der Waals surface area (Å²) in [6.45, 7) is 3.71. The molecule has 1 heterocycles. The fourth-order valence-electron chi connectivity index (χ4n) is 1.85. The Kier molecular flexibility index (Phi) is 6.08. The maximum absolute atomic E-state index is 13.0. The predicted octanol–water partition coefficient (Wildman–Crippen LogP) is 3.11. The van der Waals surface area contributed by atoms with Crippen LogP contribution in [0.1, 0.15) is 13.8 Å².